The maximum Gasteiger partial charge on any atom is 0.233 e. The lowest BCUT2D eigenvalue weighted by atomic mass is 9.95. The highest BCUT2D eigenvalue weighted by Crippen LogP contribution is 2.32. The van der Waals surface area contributed by atoms with Crippen molar-refractivity contribution in [3.8, 4) is 0 Å². The normalized spacial score (nSPS) is 15.6. The molecule has 0 spiro atoms. The van der Waals surface area contributed by atoms with Crippen LogP contribution in [0.3, 0.4) is 0 Å². The van der Waals surface area contributed by atoms with Crippen molar-refractivity contribution in [1.29, 1.82) is 0 Å². The summed E-state index contributed by atoms with van der Waals surface area (Å²) < 4.78 is 2.25. The highest BCUT2D eigenvalue weighted by molar-refractivity contribution is 7.99. The lowest BCUT2D eigenvalue weighted by Gasteiger charge is -2.25. The number of thiophene rings is 1. The SMILES string of the molecule is Cc1nnc(SCC(=O)N(C)Cc2ccsc2)n1C1CCCCC1. The van der Waals surface area contributed by atoms with Crippen LogP contribution >= 0.6 is 23.1 Å². The van der Waals surface area contributed by atoms with E-state index in [1.54, 1.807) is 16.2 Å². The molecule has 0 aromatic carbocycles. The van der Waals surface area contributed by atoms with Gasteiger partial charge in [0.2, 0.25) is 5.91 Å². The topological polar surface area (TPSA) is 51.0 Å². The van der Waals surface area contributed by atoms with E-state index in [2.05, 4.69) is 26.2 Å². The van der Waals surface area contributed by atoms with E-state index in [9.17, 15) is 4.79 Å². The molecule has 0 N–H and O–H groups in total. The Morgan fingerprint density at radius 1 is 1.38 bits per heavy atom. The van der Waals surface area contributed by atoms with Crippen molar-refractivity contribution in [2.45, 2.75) is 56.8 Å². The molecule has 7 heteroatoms. The third kappa shape index (κ3) is 4.19. The number of hydrogen-bond acceptors (Lipinski definition) is 5. The van der Waals surface area contributed by atoms with Crippen LogP contribution in [0.25, 0.3) is 0 Å². The molecule has 1 amide bonds. The van der Waals surface area contributed by atoms with Crippen molar-refractivity contribution < 1.29 is 4.79 Å². The molecule has 1 fully saturated rings. The number of aromatic nitrogens is 3. The zero-order valence-electron chi connectivity index (χ0n) is 14.3. The van der Waals surface area contributed by atoms with Gasteiger partial charge in [-0.05, 0) is 42.2 Å². The predicted molar refractivity (Wildman–Crippen MR) is 98.4 cm³/mol. The molecular weight excluding hydrogens is 340 g/mol. The van der Waals surface area contributed by atoms with Gasteiger partial charge in [-0.2, -0.15) is 11.3 Å². The Kier molecular flexibility index (Phi) is 5.94. The summed E-state index contributed by atoms with van der Waals surface area (Å²) in [5.74, 6) is 1.50. The molecule has 24 heavy (non-hydrogen) atoms. The third-order valence-electron chi connectivity index (χ3n) is 4.53. The van der Waals surface area contributed by atoms with Gasteiger partial charge in [-0.3, -0.25) is 4.79 Å². The van der Waals surface area contributed by atoms with Crippen LogP contribution in [0.2, 0.25) is 0 Å². The van der Waals surface area contributed by atoms with Crippen LogP contribution in [0, 0.1) is 6.92 Å². The van der Waals surface area contributed by atoms with Gasteiger partial charge in [-0.15, -0.1) is 10.2 Å². The lowest BCUT2D eigenvalue weighted by molar-refractivity contribution is -0.127. The minimum absolute atomic E-state index is 0.127. The van der Waals surface area contributed by atoms with Gasteiger partial charge in [0.05, 0.1) is 5.75 Å². The molecule has 2 aromatic heterocycles. The number of thioether (sulfide) groups is 1. The van der Waals surface area contributed by atoms with Gasteiger partial charge >= 0.3 is 0 Å². The Morgan fingerprint density at radius 3 is 2.88 bits per heavy atom. The summed E-state index contributed by atoms with van der Waals surface area (Å²) in [6.45, 7) is 2.67. The molecular formula is C17H24N4OS2. The highest BCUT2D eigenvalue weighted by Gasteiger charge is 2.22. The van der Waals surface area contributed by atoms with E-state index in [1.807, 2.05) is 19.4 Å². The highest BCUT2D eigenvalue weighted by atomic mass is 32.2. The maximum atomic E-state index is 12.4. The molecule has 3 rings (SSSR count). The fourth-order valence-electron chi connectivity index (χ4n) is 3.19. The van der Waals surface area contributed by atoms with Gasteiger partial charge in [-0.1, -0.05) is 31.0 Å². The Morgan fingerprint density at radius 2 is 2.17 bits per heavy atom. The van der Waals surface area contributed by atoms with Crippen LogP contribution in [0.1, 0.15) is 49.5 Å². The zero-order valence-corrected chi connectivity index (χ0v) is 15.9. The Balaban J connectivity index is 1.59. The molecule has 2 heterocycles. The Labute approximate surface area is 151 Å². The number of aryl methyl sites for hydroxylation is 1. The van der Waals surface area contributed by atoms with E-state index in [4.69, 9.17) is 0 Å². The number of carbonyl (C=O) groups is 1. The standard InChI is InChI=1S/C17H24N4OS2/c1-13-18-19-17(21(13)15-6-4-3-5-7-15)24-12-16(22)20(2)10-14-8-9-23-11-14/h8-9,11,15H,3-7,10,12H2,1-2H3. The average Bonchev–Trinajstić information content (AvgIpc) is 3.23. The van der Waals surface area contributed by atoms with Crippen molar-refractivity contribution in [3.63, 3.8) is 0 Å². The molecule has 1 saturated carbocycles. The van der Waals surface area contributed by atoms with Gasteiger partial charge in [0.1, 0.15) is 5.82 Å². The fraction of sp³-hybridized carbons (Fsp3) is 0.588. The molecule has 0 unspecified atom stereocenters. The largest absolute Gasteiger partial charge is 0.341 e. The second-order valence-corrected chi connectivity index (χ2v) is 8.08. The minimum Gasteiger partial charge on any atom is -0.341 e. The predicted octanol–water partition coefficient (Wildman–Crippen LogP) is 3.90. The van der Waals surface area contributed by atoms with Crippen LogP contribution in [-0.2, 0) is 11.3 Å². The summed E-state index contributed by atoms with van der Waals surface area (Å²) in [4.78, 5) is 14.2. The van der Waals surface area contributed by atoms with Crippen molar-refractivity contribution in [2.75, 3.05) is 12.8 Å². The summed E-state index contributed by atoms with van der Waals surface area (Å²) in [6, 6.07) is 2.56. The number of rotatable bonds is 6. The Bertz CT molecular complexity index is 662. The van der Waals surface area contributed by atoms with E-state index in [-0.39, 0.29) is 5.91 Å². The first kappa shape index (κ1) is 17.5. The molecule has 0 saturated heterocycles. The zero-order chi connectivity index (χ0) is 16.9. The number of hydrogen-bond donors (Lipinski definition) is 0. The van der Waals surface area contributed by atoms with Crippen molar-refractivity contribution >= 4 is 29.0 Å². The second kappa shape index (κ2) is 8.16. The summed E-state index contributed by atoms with van der Waals surface area (Å²) >= 11 is 3.17. The van der Waals surface area contributed by atoms with E-state index in [0.717, 1.165) is 11.0 Å². The first-order chi connectivity index (χ1) is 11.6. The average molecular weight is 365 g/mol. The van der Waals surface area contributed by atoms with Crippen LogP contribution < -0.4 is 0 Å². The van der Waals surface area contributed by atoms with Crippen molar-refractivity contribution in [3.05, 3.63) is 28.2 Å². The van der Waals surface area contributed by atoms with E-state index in [1.165, 1.54) is 49.4 Å². The smallest absolute Gasteiger partial charge is 0.233 e. The van der Waals surface area contributed by atoms with Gasteiger partial charge < -0.3 is 9.47 Å². The number of amides is 1. The molecule has 5 nitrogen and oxygen atoms in total. The second-order valence-electron chi connectivity index (χ2n) is 6.36. The number of nitrogens with zero attached hydrogens (tertiary/aromatic N) is 4. The van der Waals surface area contributed by atoms with Crippen LogP contribution in [0.15, 0.2) is 22.0 Å². The van der Waals surface area contributed by atoms with E-state index >= 15 is 0 Å². The first-order valence-corrected chi connectivity index (χ1v) is 10.4. The molecule has 1 aliphatic carbocycles. The molecule has 0 bridgehead atoms. The Hall–Kier alpha value is -1.34. The quantitative estimate of drug-likeness (QED) is 0.730. The lowest BCUT2D eigenvalue weighted by Crippen LogP contribution is -2.27. The summed E-state index contributed by atoms with van der Waals surface area (Å²) in [5, 5.41) is 13.6. The minimum atomic E-state index is 0.127. The van der Waals surface area contributed by atoms with Crippen LogP contribution in [-0.4, -0.2) is 38.4 Å². The van der Waals surface area contributed by atoms with Gasteiger partial charge in [-0.25, -0.2) is 0 Å². The summed E-state index contributed by atoms with van der Waals surface area (Å²) in [6.07, 6.45) is 6.26. The summed E-state index contributed by atoms with van der Waals surface area (Å²) in [5.41, 5.74) is 1.18. The number of carbonyl (C=O) groups excluding carboxylic acids is 1. The molecule has 0 radical (unpaired) electrons. The van der Waals surface area contributed by atoms with Gasteiger partial charge in [0.25, 0.3) is 0 Å². The maximum absolute atomic E-state index is 12.4. The van der Waals surface area contributed by atoms with Gasteiger partial charge in [0, 0.05) is 19.6 Å². The van der Waals surface area contributed by atoms with Crippen LogP contribution in [0.4, 0.5) is 0 Å². The van der Waals surface area contributed by atoms with Crippen molar-refractivity contribution in [1.82, 2.24) is 19.7 Å². The molecule has 130 valence electrons. The van der Waals surface area contributed by atoms with E-state index < -0.39 is 0 Å². The van der Waals surface area contributed by atoms with Crippen molar-refractivity contribution in [2.24, 2.45) is 0 Å². The molecule has 0 atom stereocenters. The first-order valence-electron chi connectivity index (χ1n) is 8.44. The third-order valence-corrected chi connectivity index (χ3v) is 6.19. The molecule has 2 aromatic rings. The van der Waals surface area contributed by atoms with Gasteiger partial charge in [0.15, 0.2) is 5.16 Å². The fourth-order valence-corrected chi connectivity index (χ4v) is 4.84. The monoisotopic (exact) mass is 364 g/mol. The summed E-state index contributed by atoms with van der Waals surface area (Å²) in [7, 11) is 1.86. The molecule has 1 aliphatic rings. The molecule has 0 aliphatic heterocycles. The van der Waals surface area contributed by atoms with Crippen LogP contribution in [0.5, 0.6) is 0 Å². The van der Waals surface area contributed by atoms with E-state index in [0.29, 0.717) is 18.3 Å².